The Kier molecular flexibility index (Phi) is 3.87. The molecule has 0 aliphatic heterocycles. The number of furan rings is 1. The fourth-order valence-electron chi connectivity index (χ4n) is 2.00. The van der Waals surface area contributed by atoms with Gasteiger partial charge in [-0.1, -0.05) is 0 Å². The van der Waals surface area contributed by atoms with Gasteiger partial charge in [0.2, 0.25) is 5.91 Å². The molecule has 0 bridgehead atoms. The van der Waals surface area contributed by atoms with E-state index >= 15 is 0 Å². The molecule has 3 rings (SSSR count). The van der Waals surface area contributed by atoms with Crippen LogP contribution in [0.4, 0.5) is 5.69 Å². The van der Waals surface area contributed by atoms with Crippen LogP contribution in [0.25, 0.3) is 10.2 Å². The third-order valence-corrected chi connectivity index (χ3v) is 3.92. The van der Waals surface area contributed by atoms with Crippen LogP contribution in [0.5, 0.6) is 0 Å². The van der Waals surface area contributed by atoms with Crippen molar-refractivity contribution in [3.8, 4) is 0 Å². The largest absolute Gasteiger partial charge is 0.467 e. The Balaban J connectivity index is 1.59. The number of benzene rings is 1. The highest BCUT2D eigenvalue weighted by molar-refractivity contribution is 7.16. The fourth-order valence-corrected chi connectivity index (χ4v) is 2.72. The summed E-state index contributed by atoms with van der Waals surface area (Å²) in [5, 5.41) is 6.02. The van der Waals surface area contributed by atoms with E-state index in [1.165, 1.54) is 0 Å². The van der Waals surface area contributed by atoms with Gasteiger partial charge in [-0.15, -0.1) is 11.3 Å². The average Bonchev–Trinajstić information content (AvgIpc) is 3.15. The van der Waals surface area contributed by atoms with Crippen LogP contribution in [-0.2, 0) is 11.3 Å². The summed E-state index contributed by atoms with van der Waals surface area (Å²) in [5.74, 6) is 0.664. The zero-order chi connectivity index (χ0) is 14.7. The Labute approximate surface area is 126 Å². The number of nitrogens with one attached hydrogen (secondary N) is 2. The lowest BCUT2D eigenvalue weighted by Gasteiger charge is -2.14. The number of hydrogen-bond acceptors (Lipinski definition) is 5. The quantitative estimate of drug-likeness (QED) is 0.760. The van der Waals surface area contributed by atoms with Gasteiger partial charge in [0.05, 0.1) is 28.5 Å². The topological polar surface area (TPSA) is 67.2 Å². The molecule has 0 saturated carbocycles. The number of anilines is 1. The fraction of sp³-hybridized carbons (Fsp3) is 0.200. The van der Waals surface area contributed by atoms with Crippen LogP contribution in [-0.4, -0.2) is 16.9 Å². The highest BCUT2D eigenvalue weighted by Crippen LogP contribution is 2.22. The predicted molar refractivity (Wildman–Crippen MR) is 83.3 cm³/mol. The third kappa shape index (κ3) is 3.22. The Hall–Kier alpha value is -2.34. The summed E-state index contributed by atoms with van der Waals surface area (Å²) in [7, 11) is 0. The number of rotatable bonds is 5. The first-order valence-electron chi connectivity index (χ1n) is 6.62. The molecule has 108 valence electrons. The molecule has 1 atom stereocenters. The van der Waals surface area contributed by atoms with Crippen molar-refractivity contribution in [2.24, 2.45) is 0 Å². The Morgan fingerprint density at radius 2 is 2.33 bits per heavy atom. The number of hydrogen-bond donors (Lipinski definition) is 2. The van der Waals surface area contributed by atoms with Crippen molar-refractivity contribution in [2.45, 2.75) is 19.5 Å². The van der Waals surface area contributed by atoms with Gasteiger partial charge in [-0.25, -0.2) is 4.98 Å². The van der Waals surface area contributed by atoms with Crippen molar-refractivity contribution in [2.75, 3.05) is 5.32 Å². The van der Waals surface area contributed by atoms with Crippen LogP contribution < -0.4 is 10.6 Å². The zero-order valence-corrected chi connectivity index (χ0v) is 12.3. The summed E-state index contributed by atoms with van der Waals surface area (Å²) >= 11 is 1.58. The van der Waals surface area contributed by atoms with Crippen molar-refractivity contribution < 1.29 is 9.21 Å². The SMILES string of the molecule is CC(Nc1ccc2ncsc2c1)C(=O)NCc1ccco1. The van der Waals surface area contributed by atoms with Gasteiger partial charge in [-0.3, -0.25) is 4.79 Å². The van der Waals surface area contributed by atoms with Crippen LogP contribution >= 0.6 is 11.3 Å². The van der Waals surface area contributed by atoms with Crippen LogP contribution in [0.15, 0.2) is 46.5 Å². The molecule has 0 spiro atoms. The zero-order valence-electron chi connectivity index (χ0n) is 11.5. The number of carbonyl (C=O) groups is 1. The number of fused-ring (bicyclic) bond motifs is 1. The van der Waals surface area contributed by atoms with Gasteiger partial charge in [-0.2, -0.15) is 0 Å². The maximum absolute atomic E-state index is 12.0. The van der Waals surface area contributed by atoms with Gasteiger partial charge in [0.25, 0.3) is 0 Å². The monoisotopic (exact) mass is 301 g/mol. The smallest absolute Gasteiger partial charge is 0.242 e. The highest BCUT2D eigenvalue weighted by atomic mass is 32.1. The number of thiazole rings is 1. The van der Waals surface area contributed by atoms with Crippen molar-refractivity contribution in [3.05, 3.63) is 47.9 Å². The normalized spacial score (nSPS) is 12.2. The van der Waals surface area contributed by atoms with Gasteiger partial charge >= 0.3 is 0 Å². The first kappa shape index (κ1) is 13.6. The van der Waals surface area contributed by atoms with E-state index in [-0.39, 0.29) is 11.9 Å². The molecule has 0 radical (unpaired) electrons. The molecule has 2 heterocycles. The van der Waals surface area contributed by atoms with E-state index in [2.05, 4.69) is 15.6 Å². The van der Waals surface area contributed by atoms with Crippen LogP contribution in [0.3, 0.4) is 0 Å². The van der Waals surface area contributed by atoms with Gasteiger partial charge in [0, 0.05) is 5.69 Å². The summed E-state index contributed by atoms with van der Waals surface area (Å²) in [5.41, 5.74) is 3.70. The van der Waals surface area contributed by atoms with E-state index in [4.69, 9.17) is 4.42 Å². The van der Waals surface area contributed by atoms with E-state index in [9.17, 15) is 4.79 Å². The molecule has 2 aromatic heterocycles. The Bertz CT molecular complexity index is 736. The minimum Gasteiger partial charge on any atom is -0.467 e. The van der Waals surface area contributed by atoms with Gasteiger partial charge in [0.1, 0.15) is 11.8 Å². The summed E-state index contributed by atoms with van der Waals surface area (Å²) < 4.78 is 6.28. The van der Waals surface area contributed by atoms with E-state index in [1.54, 1.807) is 23.7 Å². The molecule has 21 heavy (non-hydrogen) atoms. The molecule has 3 aromatic rings. The van der Waals surface area contributed by atoms with Crippen LogP contribution in [0, 0.1) is 0 Å². The molecular formula is C15H15N3O2S. The first-order valence-corrected chi connectivity index (χ1v) is 7.50. The van der Waals surface area contributed by atoms with Gasteiger partial charge in [0.15, 0.2) is 0 Å². The summed E-state index contributed by atoms with van der Waals surface area (Å²) in [6.07, 6.45) is 1.59. The van der Waals surface area contributed by atoms with Crippen LogP contribution in [0.2, 0.25) is 0 Å². The molecular weight excluding hydrogens is 286 g/mol. The molecule has 0 aliphatic rings. The highest BCUT2D eigenvalue weighted by Gasteiger charge is 2.13. The van der Waals surface area contributed by atoms with E-state index in [0.717, 1.165) is 21.7 Å². The molecule has 5 nitrogen and oxygen atoms in total. The average molecular weight is 301 g/mol. The van der Waals surface area contributed by atoms with Gasteiger partial charge in [-0.05, 0) is 37.3 Å². The molecule has 1 amide bonds. The van der Waals surface area contributed by atoms with Crippen LogP contribution in [0.1, 0.15) is 12.7 Å². The maximum Gasteiger partial charge on any atom is 0.242 e. The summed E-state index contributed by atoms with van der Waals surface area (Å²) in [6.45, 7) is 2.22. The Morgan fingerprint density at radius 1 is 1.43 bits per heavy atom. The lowest BCUT2D eigenvalue weighted by Crippen LogP contribution is -2.37. The Morgan fingerprint density at radius 3 is 3.14 bits per heavy atom. The number of nitrogens with zero attached hydrogens (tertiary/aromatic N) is 1. The summed E-state index contributed by atoms with van der Waals surface area (Å²) in [6, 6.07) is 9.18. The van der Waals surface area contributed by atoms with Crippen molar-refractivity contribution in [1.82, 2.24) is 10.3 Å². The molecule has 1 aromatic carbocycles. The lowest BCUT2D eigenvalue weighted by atomic mass is 10.2. The molecule has 0 saturated heterocycles. The first-order chi connectivity index (χ1) is 10.2. The molecule has 1 unspecified atom stereocenters. The molecule has 6 heteroatoms. The third-order valence-electron chi connectivity index (χ3n) is 3.12. The van der Waals surface area contributed by atoms with Gasteiger partial charge < -0.3 is 15.1 Å². The van der Waals surface area contributed by atoms with Crippen molar-refractivity contribution in [1.29, 1.82) is 0 Å². The van der Waals surface area contributed by atoms with Crippen molar-refractivity contribution in [3.63, 3.8) is 0 Å². The van der Waals surface area contributed by atoms with Crippen molar-refractivity contribution >= 4 is 33.1 Å². The minimum atomic E-state index is -0.328. The van der Waals surface area contributed by atoms with E-state index in [0.29, 0.717) is 6.54 Å². The lowest BCUT2D eigenvalue weighted by molar-refractivity contribution is -0.121. The second kappa shape index (κ2) is 5.97. The molecule has 2 N–H and O–H groups in total. The summed E-state index contributed by atoms with van der Waals surface area (Å²) in [4.78, 5) is 16.3. The molecule has 0 fully saturated rings. The van der Waals surface area contributed by atoms with E-state index < -0.39 is 0 Å². The number of carbonyl (C=O) groups excluding carboxylic acids is 1. The maximum atomic E-state index is 12.0. The second-order valence-corrected chi connectivity index (χ2v) is 5.58. The molecule has 0 aliphatic carbocycles. The number of amides is 1. The minimum absolute atomic E-state index is 0.0733. The standard InChI is InChI=1S/C15H15N3O2S/c1-10(15(19)16-8-12-3-2-6-20-12)18-11-4-5-13-14(7-11)21-9-17-13/h2-7,9-10,18H,8H2,1H3,(H,16,19). The predicted octanol–water partition coefficient (Wildman–Crippen LogP) is 3.01. The second-order valence-electron chi connectivity index (χ2n) is 4.70. The van der Waals surface area contributed by atoms with E-state index in [1.807, 2.05) is 36.7 Å². The number of aromatic nitrogens is 1.